The van der Waals surface area contributed by atoms with Crippen molar-refractivity contribution >= 4 is 11.7 Å². The smallest absolute Gasteiger partial charge is 0.233 e. The normalized spacial score (nSPS) is 14.9. The van der Waals surface area contributed by atoms with Crippen LogP contribution in [0.5, 0.6) is 17.2 Å². The van der Waals surface area contributed by atoms with Gasteiger partial charge >= 0.3 is 0 Å². The molecule has 0 fully saturated rings. The molecule has 1 N–H and O–H groups in total. The van der Waals surface area contributed by atoms with Crippen molar-refractivity contribution in [2.45, 2.75) is 12.3 Å². The van der Waals surface area contributed by atoms with E-state index in [1.165, 1.54) is 0 Å². The predicted molar refractivity (Wildman–Crippen MR) is 109 cm³/mol. The minimum absolute atomic E-state index is 0.0497. The predicted octanol–water partition coefficient (Wildman–Crippen LogP) is 3.45. The number of carbonyl (C=O) groups excluding carboxylic acids is 1. The summed E-state index contributed by atoms with van der Waals surface area (Å²) >= 11 is 0. The zero-order valence-corrected chi connectivity index (χ0v) is 16.4. The van der Waals surface area contributed by atoms with E-state index in [9.17, 15) is 4.79 Å². The quantitative estimate of drug-likeness (QED) is 0.693. The topological polar surface area (TPSA) is 82.6 Å². The SMILES string of the molecule is COc1cc(-c2cnc3c(c2)C(Cc2ccncc2)C(=O)N3)cc(OC)c1OC. The first-order chi connectivity index (χ1) is 14.1. The summed E-state index contributed by atoms with van der Waals surface area (Å²) in [6.45, 7) is 0. The highest BCUT2D eigenvalue weighted by Crippen LogP contribution is 2.42. The van der Waals surface area contributed by atoms with Gasteiger partial charge in [-0.15, -0.1) is 0 Å². The Morgan fingerprint density at radius 1 is 0.966 bits per heavy atom. The number of amides is 1. The van der Waals surface area contributed by atoms with E-state index in [4.69, 9.17) is 14.2 Å². The maximum atomic E-state index is 12.5. The molecule has 2 aromatic heterocycles. The Balaban J connectivity index is 1.74. The van der Waals surface area contributed by atoms with Gasteiger partial charge in [-0.2, -0.15) is 0 Å². The lowest BCUT2D eigenvalue weighted by Gasteiger charge is -2.15. The Labute approximate surface area is 168 Å². The number of nitrogens with one attached hydrogen (secondary N) is 1. The van der Waals surface area contributed by atoms with Gasteiger partial charge in [0.05, 0.1) is 27.2 Å². The summed E-state index contributed by atoms with van der Waals surface area (Å²) in [7, 11) is 4.72. The number of anilines is 1. The van der Waals surface area contributed by atoms with Crippen LogP contribution in [0.15, 0.2) is 48.9 Å². The van der Waals surface area contributed by atoms with Crippen molar-refractivity contribution < 1.29 is 19.0 Å². The Morgan fingerprint density at radius 2 is 1.66 bits per heavy atom. The van der Waals surface area contributed by atoms with Gasteiger partial charge in [-0.1, -0.05) is 0 Å². The third kappa shape index (κ3) is 3.47. The highest BCUT2D eigenvalue weighted by molar-refractivity contribution is 6.02. The minimum atomic E-state index is -0.304. The lowest BCUT2D eigenvalue weighted by Crippen LogP contribution is -2.14. The molecule has 0 bridgehead atoms. The van der Waals surface area contributed by atoms with Crippen LogP contribution in [0.3, 0.4) is 0 Å². The Bertz CT molecular complexity index is 1030. The van der Waals surface area contributed by atoms with E-state index >= 15 is 0 Å². The second-order valence-electron chi connectivity index (χ2n) is 6.68. The first kappa shape index (κ1) is 18.7. The van der Waals surface area contributed by atoms with Crippen molar-refractivity contribution in [1.29, 1.82) is 0 Å². The van der Waals surface area contributed by atoms with Crippen LogP contribution < -0.4 is 19.5 Å². The number of ether oxygens (including phenoxy) is 3. The molecule has 148 valence electrons. The fourth-order valence-electron chi connectivity index (χ4n) is 3.56. The van der Waals surface area contributed by atoms with Gasteiger partial charge in [-0.25, -0.2) is 4.98 Å². The number of fused-ring (bicyclic) bond motifs is 1. The van der Waals surface area contributed by atoms with Gasteiger partial charge in [-0.05, 0) is 47.9 Å². The number of hydrogen-bond acceptors (Lipinski definition) is 6. The van der Waals surface area contributed by atoms with Crippen LogP contribution >= 0.6 is 0 Å². The summed E-state index contributed by atoms with van der Waals surface area (Å²) in [6.07, 6.45) is 5.78. The Morgan fingerprint density at radius 3 is 2.28 bits per heavy atom. The average molecular weight is 391 g/mol. The van der Waals surface area contributed by atoms with E-state index in [1.54, 1.807) is 39.9 Å². The lowest BCUT2D eigenvalue weighted by molar-refractivity contribution is -0.117. The van der Waals surface area contributed by atoms with Crippen molar-refractivity contribution in [2.24, 2.45) is 0 Å². The molecule has 0 saturated carbocycles. The van der Waals surface area contributed by atoms with E-state index in [1.807, 2.05) is 30.3 Å². The van der Waals surface area contributed by atoms with Crippen molar-refractivity contribution in [3.05, 3.63) is 60.0 Å². The third-order valence-corrected chi connectivity index (χ3v) is 5.04. The van der Waals surface area contributed by atoms with Gasteiger partial charge < -0.3 is 19.5 Å². The zero-order valence-electron chi connectivity index (χ0n) is 16.4. The summed E-state index contributed by atoms with van der Waals surface area (Å²) in [6, 6.07) is 9.57. The van der Waals surface area contributed by atoms with Crippen molar-refractivity contribution in [2.75, 3.05) is 26.6 Å². The maximum absolute atomic E-state index is 12.5. The summed E-state index contributed by atoms with van der Waals surface area (Å²) in [5, 5.41) is 2.87. The van der Waals surface area contributed by atoms with Crippen molar-refractivity contribution in [3.63, 3.8) is 0 Å². The second-order valence-corrected chi connectivity index (χ2v) is 6.68. The standard InChI is InChI=1S/C22H21N3O4/c1-27-18-10-14(11-19(28-2)20(18)29-3)15-9-16-17(8-13-4-6-23-7-5-13)22(26)25-21(16)24-12-15/h4-7,9-12,17H,8H2,1-3H3,(H,24,25,26). The van der Waals surface area contributed by atoms with Crippen LogP contribution in [-0.2, 0) is 11.2 Å². The fraction of sp³-hybridized carbons (Fsp3) is 0.227. The number of rotatable bonds is 6. The van der Waals surface area contributed by atoms with E-state index in [2.05, 4.69) is 15.3 Å². The summed E-state index contributed by atoms with van der Waals surface area (Å²) in [5.74, 6) is 1.90. The molecule has 0 aliphatic carbocycles. The molecule has 4 rings (SSSR count). The highest BCUT2D eigenvalue weighted by atomic mass is 16.5. The molecule has 0 radical (unpaired) electrons. The van der Waals surface area contributed by atoms with Crippen LogP contribution in [0, 0.1) is 0 Å². The van der Waals surface area contributed by atoms with Crippen LogP contribution in [0.1, 0.15) is 17.0 Å². The number of carbonyl (C=O) groups is 1. The van der Waals surface area contributed by atoms with Crippen LogP contribution in [0.2, 0.25) is 0 Å². The van der Waals surface area contributed by atoms with E-state index in [0.717, 1.165) is 22.3 Å². The molecular formula is C22H21N3O4. The molecule has 3 aromatic rings. The Hall–Kier alpha value is -3.61. The van der Waals surface area contributed by atoms with Gasteiger partial charge in [0.15, 0.2) is 11.5 Å². The van der Waals surface area contributed by atoms with Gasteiger partial charge in [0, 0.05) is 29.7 Å². The number of hydrogen-bond donors (Lipinski definition) is 1. The van der Waals surface area contributed by atoms with Gasteiger partial charge in [0.25, 0.3) is 0 Å². The monoisotopic (exact) mass is 391 g/mol. The molecule has 1 aliphatic rings. The van der Waals surface area contributed by atoms with Gasteiger partial charge in [0.2, 0.25) is 11.7 Å². The molecule has 1 atom stereocenters. The van der Waals surface area contributed by atoms with E-state index < -0.39 is 0 Å². The largest absolute Gasteiger partial charge is 0.493 e. The second kappa shape index (κ2) is 7.79. The summed E-state index contributed by atoms with van der Waals surface area (Å²) in [4.78, 5) is 21.1. The zero-order chi connectivity index (χ0) is 20.4. The molecule has 29 heavy (non-hydrogen) atoms. The molecule has 1 amide bonds. The van der Waals surface area contributed by atoms with Crippen LogP contribution in [0.4, 0.5) is 5.82 Å². The summed E-state index contributed by atoms with van der Waals surface area (Å²) < 4.78 is 16.3. The first-order valence-electron chi connectivity index (χ1n) is 9.14. The molecule has 7 nitrogen and oxygen atoms in total. The lowest BCUT2D eigenvalue weighted by atomic mass is 9.93. The number of benzene rings is 1. The summed E-state index contributed by atoms with van der Waals surface area (Å²) in [5.41, 5.74) is 3.64. The third-order valence-electron chi connectivity index (χ3n) is 5.04. The van der Waals surface area contributed by atoms with E-state index in [-0.39, 0.29) is 11.8 Å². The molecule has 1 unspecified atom stereocenters. The molecule has 0 saturated heterocycles. The molecule has 7 heteroatoms. The van der Waals surface area contributed by atoms with Gasteiger partial charge in [-0.3, -0.25) is 9.78 Å². The molecule has 1 aliphatic heterocycles. The maximum Gasteiger partial charge on any atom is 0.233 e. The number of aromatic nitrogens is 2. The van der Waals surface area contributed by atoms with Gasteiger partial charge in [0.1, 0.15) is 5.82 Å². The minimum Gasteiger partial charge on any atom is -0.493 e. The average Bonchev–Trinajstić information content (AvgIpc) is 3.07. The fourth-order valence-corrected chi connectivity index (χ4v) is 3.56. The number of pyridine rings is 2. The Kier molecular flexibility index (Phi) is 5.03. The van der Waals surface area contributed by atoms with Crippen LogP contribution in [0.25, 0.3) is 11.1 Å². The first-order valence-corrected chi connectivity index (χ1v) is 9.14. The highest BCUT2D eigenvalue weighted by Gasteiger charge is 2.32. The van der Waals surface area contributed by atoms with E-state index in [0.29, 0.717) is 29.5 Å². The molecular weight excluding hydrogens is 370 g/mol. The molecule has 1 aromatic carbocycles. The molecule has 0 spiro atoms. The van der Waals surface area contributed by atoms with Crippen LogP contribution in [-0.4, -0.2) is 37.2 Å². The van der Waals surface area contributed by atoms with Crippen molar-refractivity contribution in [3.8, 4) is 28.4 Å². The van der Waals surface area contributed by atoms with Crippen molar-refractivity contribution in [1.82, 2.24) is 9.97 Å². The number of methoxy groups -OCH3 is 3. The molecule has 3 heterocycles. The number of nitrogens with zero attached hydrogens (tertiary/aromatic N) is 2.